The minimum Gasteiger partial charge on any atom is -0.493 e. The second-order valence-corrected chi connectivity index (χ2v) is 6.82. The first-order valence-corrected chi connectivity index (χ1v) is 9.26. The molecule has 28 heavy (non-hydrogen) atoms. The Bertz CT molecular complexity index is 775. The highest BCUT2D eigenvalue weighted by molar-refractivity contribution is 5.77. The van der Waals surface area contributed by atoms with E-state index in [0.717, 1.165) is 24.3 Å². The molecule has 0 bridgehead atoms. The molecule has 0 aliphatic heterocycles. The number of benzene rings is 2. The van der Waals surface area contributed by atoms with Crippen LogP contribution in [-0.4, -0.2) is 57.4 Å². The summed E-state index contributed by atoms with van der Waals surface area (Å²) in [5, 5.41) is 9.83. The third-order valence-electron chi connectivity index (χ3n) is 4.51. The van der Waals surface area contributed by atoms with Gasteiger partial charge in [-0.3, -0.25) is 4.79 Å². The minimum absolute atomic E-state index is 0.328. The van der Waals surface area contributed by atoms with Crippen LogP contribution in [0.25, 0.3) is 0 Å². The maximum Gasteiger partial charge on any atom is 0.311 e. The van der Waals surface area contributed by atoms with Crippen LogP contribution in [0, 0.1) is 0 Å². The summed E-state index contributed by atoms with van der Waals surface area (Å²) < 4.78 is 16.5. The van der Waals surface area contributed by atoms with Crippen LogP contribution < -0.4 is 14.2 Å². The molecule has 6 heteroatoms. The number of rotatable bonds is 11. The quantitative estimate of drug-likeness (QED) is 0.596. The van der Waals surface area contributed by atoms with Crippen LogP contribution in [0.5, 0.6) is 17.2 Å². The molecule has 0 aromatic heterocycles. The fraction of sp³-hybridized carbons (Fsp3) is 0.409. The Morgan fingerprint density at radius 1 is 1.04 bits per heavy atom. The summed E-state index contributed by atoms with van der Waals surface area (Å²) >= 11 is 0. The molecule has 0 aliphatic rings. The van der Waals surface area contributed by atoms with Crippen molar-refractivity contribution in [2.45, 2.75) is 18.8 Å². The van der Waals surface area contributed by atoms with Crippen molar-refractivity contribution in [2.75, 3.05) is 41.5 Å². The topological polar surface area (TPSA) is 68.2 Å². The molecule has 0 heterocycles. The highest BCUT2D eigenvalue weighted by atomic mass is 16.5. The normalized spacial score (nSPS) is 11.9. The molecule has 2 rings (SSSR count). The number of methoxy groups -OCH3 is 2. The Morgan fingerprint density at radius 2 is 1.75 bits per heavy atom. The largest absolute Gasteiger partial charge is 0.493 e. The first-order chi connectivity index (χ1) is 13.5. The first kappa shape index (κ1) is 21.6. The summed E-state index contributed by atoms with van der Waals surface area (Å²) in [5.41, 5.74) is 1.53. The van der Waals surface area contributed by atoms with E-state index in [4.69, 9.17) is 14.2 Å². The number of hydrogen-bond acceptors (Lipinski definition) is 5. The average Bonchev–Trinajstić information content (AvgIpc) is 2.69. The molecule has 0 aliphatic carbocycles. The molecule has 0 fully saturated rings. The molecule has 0 radical (unpaired) electrons. The third-order valence-corrected chi connectivity index (χ3v) is 4.51. The van der Waals surface area contributed by atoms with E-state index in [0.29, 0.717) is 30.1 Å². The van der Waals surface area contributed by atoms with Crippen LogP contribution in [0.1, 0.15) is 23.5 Å². The van der Waals surface area contributed by atoms with Crippen LogP contribution in [-0.2, 0) is 11.2 Å². The SMILES string of the molecule is COc1ccc(C(Cc2ccccc2OCCCN(C)C)C(=O)O)cc1OC. The van der Waals surface area contributed by atoms with Crippen molar-refractivity contribution in [3.05, 3.63) is 53.6 Å². The number of aliphatic carboxylic acids is 1. The average molecular weight is 387 g/mol. The second kappa shape index (κ2) is 10.6. The van der Waals surface area contributed by atoms with Gasteiger partial charge in [-0.15, -0.1) is 0 Å². The predicted octanol–water partition coefficient (Wildman–Crippen LogP) is 3.45. The van der Waals surface area contributed by atoms with Gasteiger partial charge in [0.2, 0.25) is 0 Å². The van der Waals surface area contributed by atoms with Gasteiger partial charge in [-0.05, 0) is 56.3 Å². The zero-order valence-electron chi connectivity index (χ0n) is 17.0. The maximum absolute atomic E-state index is 12.0. The van der Waals surface area contributed by atoms with Gasteiger partial charge < -0.3 is 24.2 Å². The van der Waals surface area contributed by atoms with Gasteiger partial charge >= 0.3 is 5.97 Å². The van der Waals surface area contributed by atoms with Crippen LogP contribution in [0.3, 0.4) is 0 Å². The molecule has 2 aromatic rings. The van der Waals surface area contributed by atoms with E-state index < -0.39 is 11.9 Å². The van der Waals surface area contributed by atoms with Crippen LogP contribution in [0.2, 0.25) is 0 Å². The van der Waals surface area contributed by atoms with E-state index in [1.54, 1.807) is 25.3 Å². The molecule has 0 amide bonds. The van der Waals surface area contributed by atoms with Gasteiger partial charge in [0.1, 0.15) is 5.75 Å². The lowest BCUT2D eigenvalue weighted by Gasteiger charge is -2.18. The van der Waals surface area contributed by atoms with Crippen molar-refractivity contribution in [2.24, 2.45) is 0 Å². The number of carboxylic acid groups (broad SMARTS) is 1. The van der Waals surface area contributed by atoms with Crippen molar-refractivity contribution < 1.29 is 24.1 Å². The Balaban J connectivity index is 2.20. The van der Waals surface area contributed by atoms with E-state index in [-0.39, 0.29) is 0 Å². The molecule has 2 aromatic carbocycles. The second-order valence-electron chi connectivity index (χ2n) is 6.82. The van der Waals surface area contributed by atoms with Gasteiger partial charge in [-0.1, -0.05) is 24.3 Å². The van der Waals surface area contributed by atoms with Crippen LogP contribution in [0.15, 0.2) is 42.5 Å². The minimum atomic E-state index is -0.894. The molecule has 152 valence electrons. The van der Waals surface area contributed by atoms with Gasteiger partial charge in [0.05, 0.1) is 26.7 Å². The van der Waals surface area contributed by atoms with Crippen molar-refractivity contribution in [1.82, 2.24) is 4.90 Å². The summed E-state index contributed by atoms with van der Waals surface area (Å²) in [5.74, 6) is 0.202. The lowest BCUT2D eigenvalue weighted by atomic mass is 9.91. The first-order valence-electron chi connectivity index (χ1n) is 9.26. The molecule has 0 saturated heterocycles. The summed E-state index contributed by atoms with van der Waals surface area (Å²) in [6.45, 7) is 1.52. The Kier molecular flexibility index (Phi) is 8.14. The molecule has 0 spiro atoms. The highest BCUT2D eigenvalue weighted by Crippen LogP contribution is 2.33. The van der Waals surface area contributed by atoms with Gasteiger partial charge in [0, 0.05) is 6.54 Å². The zero-order valence-corrected chi connectivity index (χ0v) is 17.0. The predicted molar refractivity (Wildman–Crippen MR) is 109 cm³/mol. The van der Waals surface area contributed by atoms with Gasteiger partial charge in [-0.2, -0.15) is 0 Å². The smallest absolute Gasteiger partial charge is 0.311 e. The molecule has 1 N–H and O–H groups in total. The summed E-state index contributed by atoms with van der Waals surface area (Å²) in [6.07, 6.45) is 1.23. The van der Waals surface area contributed by atoms with Crippen molar-refractivity contribution in [3.8, 4) is 17.2 Å². The van der Waals surface area contributed by atoms with Crippen LogP contribution >= 0.6 is 0 Å². The molecular formula is C22H29NO5. The van der Waals surface area contributed by atoms with Gasteiger partial charge in [0.15, 0.2) is 11.5 Å². The van der Waals surface area contributed by atoms with Crippen molar-refractivity contribution in [1.29, 1.82) is 0 Å². The summed E-state index contributed by atoms with van der Waals surface area (Å²) in [4.78, 5) is 14.1. The standard InChI is InChI=1S/C22H29NO5/c1-23(2)12-7-13-28-19-9-6-5-8-17(19)14-18(22(24)25)16-10-11-20(26-3)21(15-16)27-4/h5-6,8-11,15,18H,7,12-14H2,1-4H3,(H,24,25). The number of carboxylic acids is 1. The van der Waals surface area contributed by atoms with Crippen LogP contribution in [0.4, 0.5) is 0 Å². The molecule has 1 unspecified atom stereocenters. The number of ether oxygens (including phenoxy) is 3. The summed E-state index contributed by atoms with van der Waals surface area (Å²) in [6, 6.07) is 12.8. The van der Waals surface area contributed by atoms with E-state index in [2.05, 4.69) is 4.90 Å². The van der Waals surface area contributed by atoms with Gasteiger partial charge in [-0.25, -0.2) is 0 Å². The highest BCUT2D eigenvalue weighted by Gasteiger charge is 2.23. The van der Waals surface area contributed by atoms with Crippen molar-refractivity contribution in [3.63, 3.8) is 0 Å². The Morgan fingerprint density at radius 3 is 2.39 bits per heavy atom. The molecule has 6 nitrogen and oxygen atoms in total. The number of hydrogen-bond donors (Lipinski definition) is 1. The van der Waals surface area contributed by atoms with Gasteiger partial charge in [0.25, 0.3) is 0 Å². The number of carbonyl (C=O) groups is 1. The molecule has 1 atom stereocenters. The fourth-order valence-electron chi connectivity index (χ4n) is 3.01. The maximum atomic E-state index is 12.0. The molecular weight excluding hydrogens is 358 g/mol. The lowest BCUT2D eigenvalue weighted by Crippen LogP contribution is -2.17. The molecule has 0 saturated carbocycles. The monoisotopic (exact) mass is 387 g/mol. The zero-order chi connectivity index (χ0) is 20.5. The Hall–Kier alpha value is -2.73. The third kappa shape index (κ3) is 5.89. The van der Waals surface area contributed by atoms with E-state index in [1.165, 1.54) is 7.11 Å². The van der Waals surface area contributed by atoms with E-state index in [1.807, 2.05) is 38.4 Å². The summed E-state index contributed by atoms with van der Waals surface area (Å²) in [7, 11) is 7.13. The fourth-order valence-corrected chi connectivity index (χ4v) is 3.01. The van der Waals surface area contributed by atoms with E-state index in [9.17, 15) is 9.90 Å². The Labute approximate surface area is 166 Å². The van der Waals surface area contributed by atoms with Crippen molar-refractivity contribution >= 4 is 5.97 Å². The van der Waals surface area contributed by atoms with E-state index >= 15 is 0 Å². The number of para-hydroxylation sites is 1. The lowest BCUT2D eigenvalue weighted by molar-refractivity contribution is -0.138. The number of nitrogens with zero attached hydrogens (tertiary/aromatic N) is 1.